The van der Waals surface area contributed by atoms with Gasteiger partial charge >= 0.3 is 6.03 Å². The van der Waals surface area contributed by atoms with Gasteiger partial charge in [-0.15, -0.1) is 23.5 Å². The highest BCUT2D eigenvalue weighted by Crippen LogP contribution is 2.46. The van der Waals surface area contributed by atoms with Crippen LogP contribution in [0, 0.1) is 0 Å². The molecule has 0 radical (unpaired) electrons. The molecule has 2 amide bonds. The summed E-state index contributed by atoms with van der Waals surface area (Å²) in [6.45, 7) is 1.62. The van der Waals surface area contributed by atoms with Gasteiger partial charge in [-0.25, -0.2) is 4.79 Å². The van der Waals surface area contributed by atoms with Gasteiger partial charge in [0.2, 0.25) is 0 Å². The highest BCUT2D eigenvalue weighted by molar-refractivity contribution is 8.01. The minimum Gasteiger partial charge on any atom is -0.497 e. The fourth-order valence-corrected chi connectivity index (χ4v) is 5.94. The average Bonchev–Trinajstić information content (AvgIpc) is 3.12. The van der Waals surface area contributed by atoms with E-state index in [1.807, 2.05) is 59.3 Å². The van der Waals surface area contributed by atoms with Gasteiger partial charge in [0.1, 0.15) is 5.75 Å². The van der Waals surface area contributed by atoms with Crippen LogP contribution in [0.4, 0.5) is 16.2 Å². The largest absolute Gasteiger partial charge is 0.497 e. The van der Waals surface area contributed by atoms with Crippen molar-refractivity contribution in [2.45, 2.75) is 22.1 Å². The molecule has 4 rings (SSSR count). The van der Waals surface area contributed by atoms with Gasteiger partial charge < -0.3 is 20.3 Å². The first kappa shape index (κ1) is 19.3. The Balaban J connectivity index is 1.29. The van der Waals surface area contributed by atoms with Crippen molar-refractivity contribution in [1.82, 2.24) is 4.90 Å². The third-order valence-electron chi connectivity index (χ3n) is 5.26. The number of carbonyl (C=O) groups excluding carboxylic acids is 1. The average molecular weight is 416 g/mol. The maximum Gasteiger partial charge on any atom is 0.321 e. The molecule has 5 nitrogen and oxygen atoms in total. The van der Waals surface area contributed by atoms with Crippen LogP contribution in [0.15, 0.2) is 53.4 Å². The van der Waals surface area contributed by atoms with E-state index in [9.17, 15) is 4.79 Å². The number of urea groups is 1. The van der Waals surface area contributed by atoms with Crippen LogP contribution in [0.25, 0.3) is 0 Å². The zero-order chi connectivity index (χ0) is 19.6. The lowest BCUT2D eigenvalue weighted by molar-refractivity contribution is 0.147. The van der Waals surface area contributed by atoms with E-state index in [0.29, 0.717) is 6.04 Å². The van der Waals surface area contributed by atoms with Crippen molar-refractivity contribution in [1.29, 1.82) is 0 Å². The number of hydrogen-bond acceptors (Lipinski definition) is 5. The van der Waals surface area contributed by atoms with E-state index in [1.54, 1.807) is 18.9 Å². The van der Waals surface area contributed by atoms with E-state index in [0.717, 1.165) is 47.3 Å². The number of thioether (sulfide) groups is 2. The molecular formula is C21H25N3O2S2. The number of para-hydroxylation sites is 1. The second kappa shape index (κ2) is 8.17. The molecule has 1 spiro atoms. The molecule has 0 saturated carbocycles. The molecular weight excluding hydrogens is 390 g/mol. The Morgan fingerprint density at radius 1 is 1.21 bits per heavy atom. The number of nitrogens with zero attached hydrogens (tertiary/aromatic N) is 1. The number of likely N-dealkylation sites (tertiary alicyclic amines) is 1. The van der Waals surface area contributed by atoms with Crippen LogP contribution in [-0.2, 0) is 0 Å². The van der Waals surface area contributed by atoms with Crippen molar-refractivity contribution in [3.8, 4) is 5.75 Å². The van der Waals surface area contributed by atoms with Gasteiger partial charge in [-0.2, -0.15) is 0 Å². The molecule has 2 fully saturated rings. The summed E-state index contributed by atoms with van der Waals surface area (Å²) in [5.74, 6) is 1.93. The van der Waals surface area contributed by atoms with Crippen molar-refractivity contribution in [3.05, 3.63) is 48.5 Å². The number of nitrogens with one attached hydrogen (secondary N) is 2. The van der Waals surface area contributed by atoms with Crippen LogP contribution in [-0.4, -0.2) is 53.9 Å². The van der Waals surface area contributed by atoms with Crippen molar-refractivity contribution >= 4 is 40.9 Å². The molecule has 2 N–H and O–H groups in total. The predicted molar refractivity (Wildman–Crippen MR) is 119 cm³/mol. The maximum absolute atomic E-state index is 12.6. The van der Waals surface area contributed by atoms with Crippen LogP contribution in [0.1, 0.15) is 6.42 Å². The molecule has 2 aliphatic heterocycles. The Morgan fingerprint density at radius 3 is 2.68 bits per heavy atom. The lowest BCUT2D eigenvalue weighted by atomic mass is 9.92. The normalized spacial score (nSPS) is 19.9. The molecule has 2 saturated heterocycles. The number of benzene rings is 2. The van der Waals surface area contributed by atoms with E-state index in [-0.39, 0.29) is 10.8 Å². The Hall–Kier alpha value is -1.99. The maximum atomic E-state index is 12.6. The van der Waals surface area contributed by atoms with E-state index >= 15 is 0 Å². The van der Waals surface area contributed by atoms with E-state index in [1.165, 1.54) is 0 Å². The number of hydrogen-bond donors (Lipinski definition) is 2. The lowest BCUT2D eigenvalue weighted by Gasteiger charge is -2.47. The quantitative estimate of drug-likeness (QED) is 0.698. The number of anilines is 2. The van der Waals surface area contributed by atoms with Crippen LogP contribution in [0.3, 0.4) is 0 Å². The molecule has 0 bridgehead atoms. The van der Waals surface area contributed by atoms with Crippen LogP contribution in [0.2, 0.25) is 0 Å². The molecule has 28 heavy (non-hydrogen) atoms. The number of rotatable bonds is 5. The third kappa shape index (κ3) is 4.05. The number of methoxy groups -OCH3 is 1. The Kier molecular flexibility index (Phi) is 5.64. The van der Waals surface area contributed by atoms with Crippen molar-refractivity contribution in [2.75, 3.05) is 42.8 Å². The molecule has 148 valence electrons. The zero-order valence-corrected chi connectivity index (χ0v) is 17.7. The summed E-state index contributed by atoms with van der Waals surface area (Å²) in [6.07, 6.45) is 3.10. The number of carbonyl (C=O) groups is 1. The summed E-state index contributed by atoms with van der Waals surface area (Å²) in [7, 11) is 1.68. The topological polar surface area (TPSA) is 53.6 Å². The first-order valence-corrected chi connectivity index (χ1v) is 11.6. The van der Waals surface area contributed by atoms with Gasteiger partial charge in [-0.1, -0.05) is 12.1 Å². The second-order valence-corrected chi connectivity index (χ2v) is 9.59. The van der Waals surface area contributed by atoms with E-state index in [4.69, 9.17) is 4.74 Å². The minimum atomic E-state index is -0.000659. The van der Waals surface area contributed by atoms with E-state index < -0.39 is 0 Å². The molecule has 1 unspecified atom stereocenters. The Labute approximate surface area is 174 Å². The molecule has 1 atom stereocenters. The molecule has 2 aliphatic rings. The third-order valence-corrected chi connectivity index (χ3v) is 7.67. The molecule has 2 heterocycles. The molecule has 7 heteroatoms. The summed E-state index contributed by atoms with van der Waals surface area (Å²) in [5, 5.41) is 6.68. The molecule has 0 aromatic heterocycles. The van der Waals surface area contributed by atoms with Gasteiger partial charge in [0.25, 0.3) is 0 Å². The summed E-state index contributed by atoms with van der Waals surface area (Å²) in [5.41, 5.74) is 2.00. The van der Waals surface area contributed by atoms with Gasteiger partial charge in [0, 0.05) is 35.5 Å². The minimum absolute atomic E-state index is 0.000659. The second-order valence-electron chi connectivity index (χ2n) is 7.25. The fraction of sp³-hybridized carbons (Fsp3) is 0.381. The summed E-state index contributed by atoms with van der Waals surface area (Å²) in [4.78, 5) is 15.6. The van der Waals surface area contributed by atoms with Crippen LogP contribution in [0.5, 0.6) is 5.75 Å². The van der Waals surface area contributed by atoms with Gasteiger partial charge in [0.15, 0.2) is 0 Å². The van der Waals surface area contributed by atoms with Crippen molar-refractivity contribution in [2.24, 2.45) is 0 Å². The van der Waals surface area contributed by atoms with Gasteiger partial charge in [0.05, 0.1) is 17.5 Å². The highest BCUT2D eigenvalue weighted by atomic mass is 32.2. The zero-order valence-electron chi connectivity index (χ0n) is 16.1. The molecule has 2 aromatic carbocycles. The Bertz CT molecular complexity index is 838. The summed E-state index contributed by atoms with van der Waals surface area (Å²) < 4.78 is 5.41. The number of ether oxygens (including phenoxy) is 1. The Morgan fingerprint density at radius 2 is 1.96 bits per heavy atom. The van der Waals surface area contributed by atoms with Crippen molar-refractivity contribution in [3.63, 3.8) is 0 Å². The highest BCUT2D eigenvalue weighted by Gasteiger charge is 2.50. The number of amides is 2. The molecule has 2 aromatic rings. The first-order valence-electron chi connectivity index (χ1n) is 9.34. The van der Waals surface area contributed by atoms with Crippen molar-refractivity contribution < 1.29 is 9.53 Å². The van der Waals surface area contributed by atoms with Gasteiger partial charge in [-0.05, 0) is 49.1 Å². The SMILES string of the molecule is COc1ccc(NC2CSC3(C2)CN(C(=O)Nc2ccccc2SC)C3)cc1. The predicted octanol–water partition coefficient (Wildman–Crippen LogP) is 4.62. The summed E-state index contributed by atoms with van der Waals surface area (Å²) in [6, 6.07) is 16.4. The smallest absolute Gasteiger partial charge is 0.321 e. The first-order chi connectivity index (χ1) is 13.6. The lowest BCUT2D eigenvalue weighted by Crippen LogP contribution is -2.61. The fourth-order valence-electron chi connectivity index (χ4n) is 3.82. The monoisotopic (exact) mass is 415 g/mol. The van der Waals surface area contributed by atoms with Gasteiger partial charge in [-0.3, -0.25) is 0 Å². The van der Waals surface area contributed by atoms with E-state index in [2.05, 4.69) is 22.8 Å². The van der Waals surface area contributed by atoms with Crippen LogP contribution < -0.4 is 15.4 Å². The standard InChI is InChI=1S/C21H25N3O2S2/c1-26-17-9-7-15(8-10-17)22-16-11-21(28-12-16)13-24(14-21)20(25)23-18-5-3-4-6-19(18)27-2/h3-10,16,22H,11-14H2,1-2H3,(H,23,25). The molecule has 0 aliphatic carbocycles. The summed E-state index contributed by atoms with van der Waals surface area (Å²) >= 11 is 3.63. The van der Waals surface area contributed by atoms with Crippen LogP contribution >= 0.6 is 23.5 Å².